The Kier molecular flexibility index (Phi) is 10.4. The van der Waals surface area contributed by atoms with E-state index in [2.05, 4.69) is 88.7 Å². The van der Waals surface area contributed by atoms with Gasteiger partial charge >= 0.3 is 169 Å². The van der Waals surface area contributed by atoms with Gasteiger partial charge in [0, 0.05) is 0 Å². The molecule has 0 saturated carbocycles. The first-order chi connectivity index (χ1) is 13.1. The Hall–Kier alpha value is -1.06. The summed E-state index contributed by atoms with van der Waals surface area (Å²) in [5.41, 5.74) is 7.15. The van der Waals surface area contributed by atoms with Gasteiger partial charge in [-0.05, 0) is 0 Å². The molecule has 0 fully saturated rings. The predicted molar refractivity (Wildman–Crippen MR) is 120 cm³/mol. The predicted octanol–water partition coefficient (Wildman–Crippen LogP) is 2.04. The van der Waals surface area contributed by atoms with Gasteiger partial charge in [-0.1, -0.05) is 7.43 Å². The maximum absolute atomic E-state index is 3.42. The number of benzene rings is 2. The first-order valence-corrected chi connectivity index (χ1v) is 17.8. The summed E-state index contributed by atoms with van der Waals surface area (Å²) in [7, 11) is 0. The van der Waals surface area contributed by atoms with Crippen LogP contribution in [0.1, 0.15) is 60.3 Å². The molecule has 0 spiro atoms. The maximum Gasteiger partial charge on any atom is -1.00 e. The van der Waals surface area contributed by atoms with E-state index in [9.17, 15) is 0 Å². The Morgan fingerprint density at radius 2 is 1.73 bits per heavy atom. The van der Waals surface area contributed by atoms with Crippen LogP contribution in [0.2, 0.25) is 9.26 Å². The minimum atomic E-state index is -2.55. The van der Waals surface area contributed by atoms with Gasteiger partial charge in [0.05, 0.1) is 0 Å². The van der Waals surface area contributed by atoms with Crippen molar-refractivity contribution < 1.29 is 45.1 Å². The van der Waals surface area contributed by atoms with Crippen LogP contribution < -0.4 is 24.8 Å². The smallest absolute Gasteiger partial charge is 1.00 e. The molecule has 0 bridgehead atoms. The number of allylic oxidation sites excluding steroid dienone is 4. The van der Waals surface area contributed by atoms with E-state index in [0.29, 0.717) is 3.63 Å². The van der Waals surface area contributed by atoms with Gasteiger partial charge in [-0.15, -0.1) is 0 Å². The topological polar surface area (TPSA) is 0 Å². The molecule has 0 nitrogen and oxygen atoms in total. The quantitative estimate of drug-likeness (QED) is 0.430. The number of fused-ring (bicyclic) bond motifs is 3. The average Bonchev–Trinajstić information content (AvgIpc) is 3.32. The Balaban J connectivity index is 0.00000150. The van der Waals surface area contributed by atoms with Gasteiger partial charge in [0.1, 0.15) is 0 Å². The molecule has 30 heavy (non-hydrogen) atoms. The third-order valence-electron chi connectivity index (χ3n) is 6.13. The molecule has 2 aromatic carbocycles. The van der Waals surface area contributed by atoms with E-state index in [-0.39, 0.29) is 32.2 Å². The van der Waals surface area contributed by atoms with Crippen molar-refractivity contribution in [1.82, 2.24) is 0 Å². The van der Waals surface area contributed by atoms with Crippen molar-refractivity contribution in [2.45, 2.75) is 52.9 Å². The van der Waals surface area contributed by atoms with Crippen LogP contribution in [0, 0.1) is 11.8 Å². The third-order valence-corrected chi connectivity index (χ3v) is 16.2. The van der Waals surface area contributed by atoms with E-state index >= 15 is 0 Å². The average molecular weight is 519 g/mol. The fourth-order valence-corrected chi connectivity index (χ4v) is 13.4. The van der Waals surface area contributed by atoms with Crippen molar-refractivity contribution in [1.29, 1.82) is 0 Å². The molecule has 4 rings (SSSR count). The van der Waals surface area contributed by atoms with Gasteiger partial charge in [-0.3, -0.25) is 0 Å². The summed E-state index contributed by atoms with van der Waals surface area (Å²) in [4.78, 5) is 0. The van der Waals surface area contributed by atoms with Crippen LogP contribution in [0.4, 0.5) is 0 Å². The summed E-state index contributed by atoms with van der Waals surface area (Å²) in [5, 5.41) is 0. The Morgan fingerprint density at radius 3 is 2.43 bits per heavy atom. The van der Waals surface area contributed by atoms with Crippen molar-refractivity contribution in [2.75, 3.05) is 0 Å². The fourth-order valence-electron chi connectivity index (χ4n) is 4.60. The van der Waals surface area contributed by atoms with Crippen molar-refractivity contribution in [2.24, 2.45) is 0 Å². The minimum absolute atomic E-state index is 0. The molecule has 0 amide bonds. The zero-order valence-electron chi connectivity index (χ0n) is 17.4. The number of halogens is 2. The molecule has 0 saturated heterocycles. The van der Waals surface area contributed by atoms with Gasteiger partial charge < -0.3 is 24.8 Å². The van der Waals surface area contributed by atoms with Crippen LogP contribution in [0.5, 0.6) is 0 Å². The van der Waals surface area contributed by atoms with Crippen LogP contribution >= 0.6 is 0 Å². The molecule has 158 valence electrons. The standard InChI is InChI=1S/C19H17.C5H5.CH4.2CH3.2ClH.Zr/c1-2-3-4-5-8-15-11-12-19-17(13-15)14-16-9-6-7-10-18(16)19;1-2-4-5-3-1;;;;;;/h6-7,9-14H,2-4H2,1H3;1-3H,4H2;1H4;2*1H3;2*1H;/q;;;;;;;+2/p-2. The van der Waals surface area contributed by atoms with Crippen LogP contribution in [0.25, 0.3) is 11.1 Å². The van der Waals surface area contributed by atoms with E-state index in [1.54, 1.807) is 8.84 Å². The maximum atomic E-state index is 3.42. The molecule has 2 aromatic rings. The molecule has 0 radical (unpaired) electrons. The SMILES string of the molecule is C.CCCCC#Cc1ccc2c(c1)[CH]([Zr+2]([CH3])([CH3])[C]1=CC=CC1)c1ccccc1-2.[Cl-].[Cl-]. The summed E-state index contributed by atoms with van der Waals surface area (Å²) in [6, 6.07) is 16.0. The zero-order valence-corrected chi connectivity index (χ0v) is 21.4. The van der Waals surface area contributed by atoms with Gasteiger partial charge in [0.2, 0.25) is 0 Å². The molecular weight excluding hydrogens is 486 g/mol. The van der Waals surface area contributed by atoms with Crippen molar-refractivity contribution in [3.63, 3.8) is 0 Å². The Bertz CT molecular complexity index is 989. The number of hydrogen-bond acceptors (Lipinski definition) is 0. The van der Waals surface area contributed by atoms with Crippen LogP contribution in [-0.4, -0.2) is 0 Å². The second-order valence-electron chi connectivity index (χ2n) is 8.27. The van der Waals surface area contributed by atoms with Crippen LogP contribution in [-0.2, 0) is 20.3 Å². The van der Waals surface area contributed by atoms with E-state index in [4.69, 9.17) is 0 Å². The van der Waals surface area contributed by atoms with Crippen LogP contribution in [0.15, 0.2) is 64.0 Å². The first kappa shape index (κ1) is 27.0. The van der Waals surface area contributed by atoms with Gasteiger partial charge in [-0.2, -0.15) is 0 Å². The van der Waals surface area contributed by atoms with Gasteiger partial charge in [0.25, 0.3) is 0 Å². The second kappa shape index (κ2) is 11.5. The van der Waals surface area contributed by atoms with E-state index < -0.39 is 20.3 Å². The number of hydrogen-bond donors (Lipinski definition) is 0. The van der Waals surface area contributed by atoms with E-state index in [0.717, 1.165) is 12.8 Å². The molecule has 3 heteroatoms. The molecule has 0 heterocycles. The molecule has 1 atom stereocenters. The molecule has 2 aliphatic carbocycles. The molecule has 1 unspecified atom stereocenters. The summed E-state index contributed by atoms with van der Waals surface area (Å²) in [5.74, 6) is 6.79. The van der Waals surface area contributed by atoms with Gasteiger partial charge in [0.15, 0.2) is 0 Å². The molecular formula is C27H32Cl2Zr. The Morgan fingerprint density at radius 1 is 1.00 bits per heavy atom. The minimum Gasteiger partial charge on any atom is -1.00 e. The molecule has 0 aliphatic heterocycles. The third kappa shape index (κ3) is 5.05. The van der Waals surface area contributed by atoms with E-state index in [1.165, 1.54) is 35.1 Å². The number of unbranched alkanes of at least 4 members (excludes halogenated alkanes) is 2. The van der Waals surface area contributed by atoms with Crippen molar-refractivity contribution in [3.8, 4) is 23.0 Å². The molecule has 0 N–H and O–H groups in total. The first-order valence-electron chi connectivity index (χ1n) is 10.2. The Labute approximate surface area is 200 Å². The summed E-state index contributed by atoms with van der Waals surface area (Å²) in [6.45, 7) is 2.22. The molecule has 0 aromatic heterocycles. The monoisotopic (exact) mass is 516 g/mol. The summed E-state index contributed by atoms with van der Waals surface area (Å²) in [6.07, 6.45) is 11.6. The second-order valence-corrected chi connectivity index (χ2v) is 19.7. The van der Waals surface area contributed by atoms with Crippen molar-refractivity contribution >= 4 is 0 Å². The van der Waals surface area contributed by atoms with E-state index in [1.807, 2.05) is 0 Å². The normalized spacial score (nSPS) is 14.9. The fraction of sp³-hybridized carbons (Fsp3) is 0.333. The van der Waals surface area contributed by atoms with Gasteiger partial charge in [-0.25, -0.2) is 0 Å². The number of rotatable bonds is 4. The molecule has 2 aliphatic rings. The van der Waals surface area contributed by atoms with Crippen molar-refractivity contribution in [3.05, 3.63) is 80.7 Å². The summed E-state index contributed by atoms with van der Waals surface area (Å²) < 4.78 is 7.55. The zero-order chi connectivity index (χ0) is 18.9. The summed E-state index contributed by atoms with van der Waals surface area (Å²) >= 11 is -2.55. The van der Waals surface area contributed by atoms with Crippen LogP contribution in [0.3, 0.4) is 0 Å². The largest absolute Gasteiger partial charge is 1.00 e.